The van der Waals surface area contributed by atoms with Crippen molar-refractivity contribution in [3.63, 3.8) is 0 Å². The van der Waals surface area contributed by atoms with Crippen molar-refractivity contribution in [2.24, 2.45) is 0 Å². The van der Waals surface area contributed by atoms with Crippen LogP contribution in [0.4, 0.5) is 0 Å². The molecule has 0 aromatic heterocycles. The molecule has 1 nitrogen and oxygen atoms in total. The molecule has 0 saturated carbocycles. The number of rotatable bonds is 5. The average molecular weight is 202 g/mol. The van der Waals surface area contributed by atoms with Crippen molar-refractivity contribution in [2.45, 2.75) is 71.7 Å². The molecule has 0 atom stereocenters. The largest absolute Gasteiger partial charge is 0.412 e. The van der Waals surface area contributed by atoms with E-state index in [0.29, 0.717) is 0 Å². The summed E-state index contributed by atoms with van der Waals surface area (Å²) >= 11 is 0. The van der Waals surface area contributed by atoms with Crippen molar-refractivity contribution < 1.29 is 4.43 Å². The van der Waals surface area contributed by atoms with E-state index in [4.69, 9.17) is 4.43 Å². The lowest BCUT2D eigenvalue weighted by molar-refractivity contribution is 0.117. The average Bonchev–Trinajstić information content (AvgIpc) is 1.82. The molecule has 0 aromatic carbocycles. The third kappa shape index (κ3) is 6.27. The minimum absolute atomic E-state index is 0.0469. The van der Waals surface area contributed by atoms with Crippen molar-refractivity contribution >= 4 is 8.32 Å². The summed E-state index contributed by atoms with van der Waals surface area (Å²) in [6.45, 7) is 13.4. The normalized spacial score (nSPS) is 13.4. The zero-order valence-electron chi connectivity index (χ0n) is 10.2. The number of hydrogen-bond donors (Lipinski definition) is 0. The SMILES string of the molecule is CCC[Si](C)(CCC)OC(C)(C)C. The van der Waals surface area contributed by atoms with E-state index in [-0.39, 0.29) is 5.60 Å². The first kappa shape index (κ1) is 13.2. The summed E-state index contributed by atoms with van der Waals surface area (Å²) in [6, 6.07) is 2.61. The Bertz CT molecular complexity index is 132. The summed E-state index contributed by atoms with van der Waals surface area (Å²) in [6.07, 6.45) is 2.53. The van der Waals surface area contributed by atoms with Gasteiger partial charge in [-0.3, -0.25) is 0 Å². The fourth-order valence-corrected chi connectivity index (χ4v) is 6.07. The fourth-order valence-electron chi connectivity index (χ4n) is 2.02. The Labute approximate surface area is 85.0 Å². The minimum atomic E-state index is -1.38. The summed E-state index contributed by atoms with van der Waals surface area (Å²) in [4.78, 5) is 0. The second kappa shape index (κ2) is 5.16. The summed E-state index contributed by atoms with van der Waals surface area (Å²) < 4.78 is 6.24. The lowest BCUT2D eigenvalue weighted by Gasteiger charge is -2.35. The highest BCUT2D eigenvalue weighted by Crippen LogP contribution is 2.26. The highest BCUT2D eigenvalue weighted by Gasteiger charge is 2.31. The zero-order chi connectivity index (χ0) is 10.5. The molecule has 0 aliphatic heterocycles. The van der Waals surface area contributed by atoms with Crippen molar-refractivity contribution in [2.75, 3.05) is 0 Å². The van der Waals surface area contributed by atoms with E-state index >= 15 is 0 Å². The quantitative estimate of drug-likeness (QED) is 0.607. The van der Waals surface area contributed by atoms with Gasteiger partial charge in [0, 0.05) is 5.60 Å². The van der Waals surface area contributed by atoms with Crippen molar-refractivity contribution in [3.05, 3.63) is 0 Å². The van der Waals surface area contributed by atoms with Crippen molar-refractivity contribution in [1.29, 1.82) is 0 Å². The van der Waals surface area contributed by atoms with Crippen LogP contribution in [0.15, 0.2) is 0 Å². The second-order valence-electron chi connectivity index (χ2n) is 5.16. The van der Waals surface area contributed by atoms with Gasteiger partial charge in [0.1, 0.15) is 0 Å². The molecular formula is C11H26OSi. The maximum Gasteiger partial charge on any atom is 0.190 e. The molecule has 0 aromatic rings. The van der Waals surface area contributed by atoms with Gasteiger partial charge in [0.15, 0.2) is 8.32 Å². The Morgan fingerprint density at radius 2 is 1.38 bits per heavy atom. The smallest absolute Gasteiger partial charge is 0.190 e. The highest BCUT2D eigenvalue weighted by molar-refractivity contribution is 6.72. The zero-order valence-corrected chi connectivity index (χ0v) is 11.2. The molecule has 0 fully saturated rings. The van der Waals surface area contributed by atoms with Crippen molar-refractivity contribution in [3.8, 4) is 0 Å². The molecule has 0 unspecified atom stereocenters. The molecule has 0 amide bonds. The molecule has 80 valence electrons. The first-order valence-electron chi connectivity index (χ1n) is 5.53. The van der Waals surface area contributed by atoms with Gasteiger partial charge in [-0.25, -0.2) is 0 Å². The van der Waals surface area contributed by atoms with E-state index in [0.717, 1.165) is 0 Å². The summed E-state index contributed by atoms with van der Waals surface area (Å²) in [7, 11) is -1.38. The second-order valence-corrected chi connectivity index (χ2v) is 9.27. The first-order chi connectivity index (χ1) is 5.83. The van der Waals surface area contributed by atoms with E-state index in [9.17, 15) is 0 Å². The van der Waals surface area contributed by atoms with E-state index in [1.807, 2.05) is 0 Å². The van der Waals surface area contributed by atoms with Crippen LogP contribution >= 0.6 is 0 Å². The van der Waals surface area contributed by atoms with Crippen LogP contribution in [0.25, 0.3) is 0 Å². The van der Waals surface area contributed by atoms with E-state index in [1.54, 1.807) is 0 Å². The Kier molecular flexibility index (Phi) is 5.23. The third-order valence-corrected chi connectivity index (χ3v) is 6.33. The van der Waals surface area contributed by atoms with Crippen LogP contribution in [0, 0.1) is 0 Å². The Morgan fingerprint density at radius 1 is 1.00 bits per heavy atom. The molecule has 0 N–H and O–H groups in total. The van der Waals surface area contributed by atoms with Gasteiger partial charge in [-0.2, -0.15) is 0 Å². The minimum Gasteiger partial charge on any atom is -0.412 e. The molecule has 0 saturated heterocycles. The Morgan fingerprint density at radius 3 is 1.62 bits per heavy atom. The fraction of sp³-hybridized carbons (Fsp3) is 1.00. The molecular weight excluding hydrogens is 176 g/mol. The summed E-state index contributed by atoms with van der Waals surface area (Å²) in [5, 5.41) is 0. The maximum absolute atomic E-state index is 6.24. The summed E-state index contributed by atoms with van der Waals surface area (Å²) in [5.41, 5.74) is 0.0469. The lowest BCUT2D eigenvalue weighted by Crippen LogP contribution is -2.41. The Balaban J connectivity index is 4.22. The highest BCUT2D eigenvalue weighted by atomic mass is 28.4. The van der Waals surface area contributed by atoms with Gasteiger partial charge in [-0.15, -0.1) is 0 Å². The van der Waals surface area contributed by atoms with Crippen LogP contribution in [0.2, 0.25) is 18.6 Å². The van der Waals surface area contributed by atoms with Gasteiger partial charge in [0.05, 0.1) is 0 Å². The predicted molar refractivity (Wildman–Crippen MR) is 62.7 cm³/mol. The molecule has 13 heavy (non-hydrogen) atoms. The molecule has 0 spiro atoms. The topological polar surface area (TPSA) is 9.23 Å². The molecule has 0 aliphatic carbocycles. The predicted octanol–water partition coefficient (Wildman–Crippen LogP) is 4.20. The van der Waals surface area contributed by atoms with Gasteiger partial charge in [0.2, 0.25) is 0 Å². The van der Waals surface area contributed by atoms with E-state index in [1.165, 1.54) is 24.9 Å². The Hall–Kier alpha value is 0.177. The molecule has 0 radical (unpaired) electrons. The maximum atomic E-state index is 6.24. The van der Waals surface area contributed by atoms with Crippen LogP contribution in [-0.2, 0) is 4.43 Å². The van der Waals surface area contributed by atoms with Crippen LogP contribution < -0.4 is 0 Å². The van der Waals surface area contributed by atoms with Crippen molar-refractivity contribution in [1.82, 2.24) is 0 Å². The van der Waals surface area contributed by atoms with Gasteiger partial charge in [0.25, 0.3) is 0 Å². The van der Waals surface area contributed by atoms with Gasteiger partial charge in [-0.1, -0.05) is 26.7 Å². The van der Waals surface area contributed by atoms with Crippen LogP contribution in [0.5, 0.6) is 0 Å². The van der Waals surface area contributed by atoms with E-state index in [2.05, 4.69) is 41.2 Å². The van der Waals surface area contributed by atoms with Gasteiger partial charge < -0.3 is 4.43 Å². The monoisotopic (exact) mass is 202 g/mol. The number of hydrogen-bond acceptors (Lipinski definition) is 1. The lowest BCUT2D eigenvalue weighted by atomic mass is 10.2. The molecule has 2 heteroatoms. The van der Waals surface area contributed by atoms with Gasteiger partial charge in [-0.05, 0) is 39.4 Å². The standard InChI is InChI=1S/C11H26OSi/c1-7-9-13(6,10-8-2)12-11(3,4)5/h7-10H2,1-6H3. The molecule has 0 bridgehead atoms. The molecule has 0 aliphatic rings. The van der Waals surface area contributed by atoms with Crippen LogP contribution in [-0.4, -0.2) is 13.9 Å². The van der Waals surface area contributed by atoms with E-state index < -0.39 is 8.32 Å². The van der Waals surface area contributed by atoms with Crippen LogP contribution in [0.3, 0.4) is 0 Å². The van der Waals surface area contributed by atoms with Crippen LogP contribution in [0.1, 0.15) is 47.5 Å². The molecule has 0 heterocycles. The molecule has 0 rings (SSSR count). The third-order valence-electron chi connectivity index (χ3n) is 2.11. The summed E-state index contributed by atoms with van der Waals surface area (Å²) in [5.74, 6) is 0. The first-order valence-corrected chi connectivity index (χ1v) is 8.35. The van der Waals surface area contributed by atoms with Gasteiger partial charge >= 0.3 is 0 Å².